The van der Waals surface area contributed by atoms with Gasteiger partial charge in [-0.25, -0.2) is 9.97 Å². The molecule has 0 atom stereocenters. The number of hydrogen-bond donors (Lipinski definition) is 1. The van der Waals surface area contributed by atoms with Gasteiger partial charge in [0.05, 0.1) is 22.3 Å². The molecule has 5 rings (SSSR count). The fourth-order valence-corrected chi connectivity index (χ4v) is 3.33. The molecule has 0 bridgehead atoms. The maximum absolute atomic E-state index is 12.8. The number of carbonyl (C=O) groups excluding carboxylic acids is 1. The van der Waals surface area contributed by atoms with Crippen molar-refractivity contribution >= 4 is 16.8 Å². The molecule has 0 spiro atoms. The lowest BCUT2D eigenvalue weighted by atomic mass is 10.1. The smallest absolute Gasteiger partial charge is 0.228 e. The van der Waals surface area contributed by atoms with Gasteiger partial charge in [-0.3, -0.25) is 9.78 Å². The number of hydrogen-bond acceptors (Lipinski definition) is 5. The average Bonchev–Trinajstić information content (AvgIpc) is 3.24. The minimum absolute atomic E-state index is 0.176. The highest BCUT2D eigenvalue weighted by Crippen LogP contribution is 2.30. The van der Waals surface area contributed by atoms with Crippen LogP contribution in [0.5, 0.6) is 11.6 Å². The lowest BCUT2D eigenvalue weighted by Gasteiger charge is -2.10. The molecule has 0 aliphatic heterocycles. The molecule has 150 valence electrons. The second kappa shape index (κ2) is 7.84. The fourth-order valence-electron chi connectivity index (χ4n) is 3.33. The summed E-state index contributed by atoms with van der Waals surface area (Å²) in [5.74, 6) is 1.17. The van der Waals surface area contributed by atoms with Gasteiger partial charge in [0.25, 0.3) is 0 Å². The van der Waals surface area contributed by atoms with Gasteiger partial charge in [0, 0.05) is 18.0 Å². The number of nitrogens with one attached hydrogen (secondary N) is 1. The SMILES string of the molecule is Cc1ccnc(-c2cccnc2Oc2ccc(C(=O)c3nc4ccccc4[nH]3)cc2)c1. The Kier molecular flexibility index (Phi) is 4.72. The van der Waals surface area contributed by atoms with Crippen molar-refractivity contribution in [1.29, 1.82) is 0 Å². The quantitative estimate of drug-likeness (QED) is 0.398. The predicted molar refractivity (Wildman–Crippen MR) is 118 cm³/mol. The molecule has 3 heterocycles. The number of ketones is 1. The molecule has 0 radical (unpaired) electrons. The molecule has 0 aliphatic carbocycles. The van der Waals surface area contributed by atoms with Crippen molar-refractivity contribution in [2.75, 3.05) is 0 Å². The summed E-state index contributed by atoms with van der Waals surface area (Å²) in [6.07, 6.45) is 3.44. The predicted octanol–water partition coefficient (Wildman–Crippen LogP) is 5.35. The van der Waals surface area contributed by atoms with Gasteiger partial charge < -0.3 is 9.72 Å². The molecule has 0 saturated heterocycles. The maximum Gasteiger partial charge on any atom is 0.228 e. The number of nitrogens with zero attached hydrogens (tertiary/aromatic N) is 3. The third-order valence-corrected chi connectivity index (χ3v) is 4.90. The van der Waals surface area contributed by atoms with Gasteiger partial charge in [0.15, 0.2) is 5.82 Å². The van der Waals surface area contributed by atoms with Gasteiger partial charge in [0.2, 0.25) is 11.7 Å². The number of rotatable bonds is 5. The molecule has 5 aromatic rings. The first-order valence-electron chi connectivity index (χ1n) is 9.83. The van der Waals surface area contributed by atoms with E-state index in [1.54, 1.807) is 36.7 Å². The number of benzene rings is 2. The van der Waals surface area contributed by atoms with E-state index >= 15 is 0 Å². The van der Waals surface area contributed by atoms with Crippen LogP contribution in [0.3, 0.4) is 0 Å². The highest BCUT2D eigenvalue weighted by Gasteiger charge is 2.15. The van der Waals surface area contributed by atoms with E-state index in [1.165, 1.54) is 0 Å². The largest absolute Gasteiger partial charge is 0.438 e. The molecular weight excluding hydrogens is 388 g/mol. The van der Waals surface area contributed by atoms with Crippen molar-refractivity contribution in [3.8, 4) is 22.9 Å². The lowest BCUT2D eigenvalue weighted by Crippen LogP contribution is -2.03. The van der Waals surface area contributed by atoms with E-state index < -0.39 is 0 Å². The molecule has 6 nitrogen and oxygen atoms in total. The Morgan fingerprint density at radius 2 is 1.74 bits per heavy atom. The molecule has 2 aromatic carbocycles. The summed E-state index contributed by atoms with van der Waals surface area (Å²) >= 11 is 0. The van der Waals surface area contributed by atoms with E-state index in [9.17, 15) is 4.79 Å². The van der Waals surface area contributed by atoms with Crippen molar-refractivity contribution in [1.82, 2.24) is 19.9 Å². The standard InChI is InChI=1S/C25H18N4O2/c1-16-12-14-26-22(15-16)19-5-4-13-27-25(19)31-18-10-8-17(9-11-18)23(30)24-28-20-6-2-3-7-21(20)29-24/h2-15H,1H3,(H,28,29). The number of aryl methyl sites for hydroxylation is 1. The number of para-hydroxylation sites is 2. The summed E-state index contributed by atoms with van der Waals surface area (Å²) in [7, 11) is 0. The minimum Gasteiger partial charge on any atom is -0.438 e. The summed E-state index contributed by atoms with van der Waals surface area (Å²) in [6.45, 7) is 2.01. The van der Waals surface area contributed by atoms with E-state index in [4.69, 9.17) is 4.74 Å². The molecule has 0 saturated carbocycles. The number of fused-ring (bicyclic) bond motifs is 1. The van der Waals surface area contributed by atoms with Gasteiger partial charge in [-0.2, -0.15) is 0 Å². The number of aromatic nitrogens is 4. The molecular formula is C25H18N4O2. The van der Waals surface area contributed by atoms with Gasteiger partial charge in [-0.15, -0.1) is 0 Å². The Labute approximate surface area is 178 Å². The van der Waals surface area contributed by atoms with Crippen molar-refractivity contribution in [3.63, 3.8) is 0 Å². The lowest BCUT2D eigenvalue weighted by molar-refractivity contribution is 0.103. The zero-order valence-corrected chi connectivity index (χ0v) is 16.7. The first-order chi connectivity index (χ1) is 15.2. The highest BCUT2D eigenvalue weighted by atomic mass is 16.5. The Hall–Kier alpha value is -4.32. The van der Waals surface area contributed by atoms with Crippen LogP contribution in [-0.2, 0) is 0 Å². The summed E-state index contributed by atoms with van der Waals surface area (Å²) in [6, 6.07) is 22.2. The molecule has 0 unspecified atom stereocenters. The highest BCUT2D eigenvalue weighted by molar-refractivity contribution is 6.08. The summed E-state index contributed by atoms with van der Waals surface area (Å²) in [5.41, 5.74) is 4.81. The Morgan fingerprint density at radius 1 is 0.903 bits per heavy atom. The number of pyridine rings is 2. The second-order valence-electron chi connectivity index (χ2n) is 7.13. The fraction of sp³-hybridized carbons (Fsp3) is 0.0400. The van der Waals surface area contributed by atoms with Gasteiger partial charge >= 0.3 is 0 Å². The third kappa shape index (κ3) is 3.79. The van der Waals surface area contributed by atoms with Crippen LogP contribution in [0.15, 0.2) is 85.2 Å². The van der Waals surface area contributed by atoms with Crippen molar-refractivity contribution < 1.29 is 9.53 Å². The number of imidazole rings is 1. The van der Waals surface area contributed by atoms with Crippen LogP contribution < -0.4 is 4.74 Å². The molecule has 3 aromatic heterocycles. The Bertz CT molecular complexity index is 1360. The number of aromatic amines is 1. The van der Waals surface area contributed by atoms with Crippen LogP contribution in [0, 0.1) is 6.92 Å². The minimum atomic E-state index is -0.176. The molecule has 1 N–H and O–H groups in total. The summed E-state index contributed by atoms with van der Waals surface area (Å²) in [5, 5.41) is 0. The Morgan fingerprint density at radius 3 is 2.55 bits per heavy atom. The first-order valence-corrected chi connectivity index (χ1v) is 9.83. The zero-order valence-electron chi connectivity index (χ0n) is 16.7. The van der Waals surface area contributed by atoms with Crippen LogP contribution in [0.1, 0.15) is 21.7 Å². The van der Waals surface area contributed by atoms with E-state index in [2.05, 4.69) is 19.9 Å². The molecule has 0 amide bonds. The molecule has 6 heteroatoms. The second-order valence-corrected chi connectivity index (χ2v) is 7.13. The Balaban J connectivity index is 1.39. The average molecular weight is 406 g/mol. The first kappa shape index (κ1) is 18.7. The van der Waals surface area contributed by atoms with E-state index in [0.29, 0.717) is 23.0 Å². The van der Waals surface area contributed by atoms with E-state index in [0.717, 1.165) is 27.9 Å². The monoisotopic (exact) mass is 406 g/mol. The number of carbonyl (C=O) groups is 1. The number of H-pyrrole nitrogens is 1. The summed E-state index contributed by atoms with van der Waals surface area (Å²) < 4.78 is 6.01. The number of ether oxygens (including phenoxy) is 1. The topological polar surface area (TPSA) is 80.8 Å². The van der Waals surface area contributed by atoms with Gasteiger partial charge in [0.1, 0.15) is 5.75 Å². The van der Waals surface area contributed by atoms with Crippen molar-refractivity contribution in [2.24, 2.45) is 0 Å². The van der Waals surface area contributed by atoms with Gasteiger partial charge in [-0.1, -0.05) is 12.1 Å². The third-order valence-electron chi connectivity index (χ3n) is 4.90. The van der Waals surface area contributed by atoms with Crippen LogP contribution >= 0.6 is 0 Å². The normalized spacial score (nSPS) is 10.9. The zero-order chi connectivity index (χ0) is 21.2. The summed E-state index contributed by atoms with van der Waals surface area (Å²) in [4.78, 5) is 29.0. The van der Waals surface area contributed by atoms with E-state index in [1.807, 2.05) is 55.5 Å². The molecule has 0 aliphatic rings. The van der Waals surface area contributed by atoms with Gasteiger partial charge in [-0.05, 0) is 73.2 Å². The molecule has 0 fully saturated rings. The van der Waals surface area contributed by atoms with Crippen molar-refractivity contribution in [3.05, 3.63) is 102 Å². The van der Waals surface area contributed by atoms with Crippen molar-refractivity contribution in [2.45, 2.75) is 6.92 Å². The van der Waals surface area contributed by atoms with Crippen LogP contribution in [-0.4, -0.2) is 25.7 Å². The van der Waals surface area contributed by atoms with Crippen LogP contribution in [0.4, 0.5) is 0 Å². The van der Waals surface area contributed by atoms with Crippen LogP contribution in [0.2, 0.25) is 0 Å². The van der Waals surface area contributed by atoms with E-state index in [-0.39, 0.29) is 5.78 Å². The molecule has 31 heavy (non-hydrogen) atoms. The van der Waals surface area contributed by atoms with Crippen LogP contribution in [0.25, 0.3) is 22.3 Å². The maximum atomic E-state index is 12.8.